The lowest BCUT2D eigenvalue weighted by Crippen LogP contribution is -2.33. The average molecular weight is 490 g/mol. The minimum absolute atomic E-state index is 0. The van der Waals surface area contributed by atoms with Crippen LogP contribution in [0.5, 0.6) is 0 Å². The number of halogens is 1. The van der Waals surface area contributed by atoms with E-state index >= 15 is 0 Å². The molecule has 35 heavy (non-hydrogen) atoms. The molecule has 0 unspecified atom stereocenters. The number of hydrogen-bond donors (Lipinski definition) is 1. The van der Waals surface area contributed by atoms with E-state index in [1.807, 2.05) is 17.2 Å². The van der Waals surface area contributed by atoms with Crippen molar-refractivity contribution in [3.05, 3.63) is 59.9 Å². The van der Waals surface area contributed by atoms with Crippen LogP contribution >= 0.6 is 12.4 Å². The Kier molecular flexibility index (Phi) is 7.47. The lowest BCUT2D eigenvalue weighted by Gasteiger charge is -2.22. The Hall–Kier alpha value is -3.70. The van der Waals surface area contributed by atoms with Crippen LogP contribution < -0.4 is 10.2 Å². The fraction of sp³-hybridized carbons (Fsp3) is 0.346. The molecule has 1 N–H and O–H groups in total. The number of aromatic nitrogens is 3. The second kappa shape index (κ2) is 10.7. The molecule has 2 fully saturated rings. The molecule has 2 aliphatic rings. The highest BCUT2D eigenvalue weighted by Gasteiger charge is 2.25. The van der Waals surface area contributed by atoms with Crippen molar-refractivity contribution >= 4 is 35.8 Å². The van der Waals surface area contributed by atoms with E-state index in [1.54, 1.807) is 25.3 Å². The van der Waals surface area contributed by atoms with Crippen LogP contribution in [0.25, 0.3) is 11.3 Å². The Labute approximate surface area is 211 Å². The Bertz CT molecular complexity index is 1240. The molecule has 1 aliphatic heterocycles. The molecule has 0 bridgehead atoms. The second-order valence-corrected chi connectivity index (χ2v) is 8.86. The van der Waals surface area contributed by atoms with Gasteiger partial charge in [0, 0.05) is 51.1 Å². The van der Waals surface area contributed by atoms with E-state index in [9.17, 15) is 4.79 Å². The van der Waals surface area contributed by atoms with Crippen LogP contribution in [0.2, 0.25) is 0 Å². The van der Waals surface area contributed by atoms with Crippen molar-refractivity contribution in [2.75, 3.05) is 36.4 Å². The number of nitrogens with zero attached hydrogens (tertiary/aromatic N) is 6. The van der Waals surface area contributed by atoms with Crippen LogP contribution in [0.3, 0.4) is 0 Å². The van der Waals surface area contributed by atoms with E-state index in [0.29, 0.717) is 23.1 Å². The molecule has 8 nitrogen and oxygen atoms in total. The summed E-state index contributed by atoms with van der Waals surface area (Å²) in [5.74, 6) is 2.92. The predicted octanol–water partition coefficient (Wildman–Crippen LogP) is 4.51. The lowest BCUT2D eigenvalue weighted by molar-refractivity contribution is -0.128. The molecule has 0 radical (unpaired) electrons. The number of nitriles is 1. The van der Waals surface area contributed by atoms with Crippen LogP contribution in [0, 0.1) is 11.3 Å². The highest BCUT2D eigenvalue weighted by Crippen LogP contribution is 2.42. The maximum Gasteiger partial charge on any atom is 0.219 e. The van der Waals surface area contributed by atoms with Gasteiger partial charge in [0.25, 0.3) is 0 Å². The summed E-state index contributed by atoms with van der Waals surface area (Å²) in [4.78, 5) is 29.7. The SMILES string of the molecule is CC(=O)N1CCCN(c2ccc(-c3cc(C4CC4)cc(Nc4cc(C#N)ccn4)n3)cn2)CC1.Cl. The van der Waals surface area contributed by atoms with Crippen molar-refractivity contribution in [3.8, 4) is 17.3 Å². The standard InChI is InChI=1S/C26H27N7O.ClH/c1-18(34)32-9-2-10-33(12-11-32)26-6-5-21(17-29-26)23-14-22(20-3-4-20)15-25(30-23)31-24-13-19(16-27)7-8-28-24;/h5-8,13-15,17,20H,2-4,9-12H2,1H3,(H,28,30,31);1H. The zero-order chi connectivity index (χ0) is 23.5. The Balaban J connectivity index is 0.00000289. The maximum atomic E-state index is 11.7. The van der Waals surface area contributed by atoms with Crippen LogP contribution in [-0.2, 0) is 4.79 Å². The third kappa shape index (κ3) is 5.87. The first-order valence-electron chi connectivity index (χ1n) is 11.7. The van der Waals surface area contributed by atoms with Crippen molar-refractivity contribution < 1.29 is 4.79 Å². The predicted molar refractivity (Wildman–Crippen MR) is 138 cm³/mol. The molecule has 1 aliphatic carbocycles. The van der Waals surface area contributed by atoms with Gasteiger partial charge in [-0.15, -0.1) is 12.4 Å². The van der Waals surface area contributed by atoms with Crippen molar-refractivity contribution in [2.24, 2.45) is 0 Å². The van der Waals surface area contributed by atoms with Gasteiger partial charge in [-0.3, -0.25) is 4.79 Å². The van der Waals surface area contributed by atoms with Gasteiger partial charge in [-0.2, -0.15) is 5.26 Å². The molecule has 180 valence electrons. The summed E-state index contributed by atoms with van der Waals surface area (Å²) in [7, 11) is 0. The normalized spacial score (nSPS) is 15.5. The summed E-state index contributed by atoms with van der Waals surface area (Å²) in [5, 5.41) is 12.4. The summed E-state index contributed by atoms with van der Waals surface area (Å²) in [5.41, 5.74) is 3.62. The zero-order valence-electron chi connectivity index (χ0n) is 19.6. The molecular formula is C26H28ClN7O. The average Bonchev–Trinajstić information content (AvgIpc) is 3.71. The summed E-state index contributed by atoms with van der Waals surface area (Å²) >= 11 is 0. The fourth-order valence-electron chi connectivity index (χ4n) is 4.30. The number of anilines is 3. The number of rotatable bonds is 5. The van der Waals surface area contributed by atoms with E-state index in [-0.39, 0.29) is 18.3 Å². The van der Waals surface area contributed by atoms with E-state index in [4.69, 9.17) is 15.2 Å². The van der Waals surface area contributed by atoms with E-state index in [0.717, 1.165) is 49.7 Å². The second-order valence-electron chi connectivity index (χ2n) is 8.86. The molecule has 0 spiro atoms. The molecule has 3 aromatic rings. The summed E-state index contributed by atoms with van der Waals surface area (Å²) in [6, 6.07) is 13.9. The highest BCUT2D eigenvalue weighted by molar-refractivity contribution is 5.85. The molecule has 3 aromatic heterocycles. The number of amides is 1. The monoisotopic (exact) mass is 489 g/mol. The van der Waals surface area contributed by atoms with E-state index in [2.05, 4.69) is 39.5 Å². The van der Waals surface area contributed by atoms with Gasteiger partial charge in [0.1, 0.15) is 17.5 Å². The topological polar surface area (TPSA) is 98.0 Å². The summed E-state index contributed by atoms with van der Waals surface area (Å²) < 4.78 is 0. The molecule has 9 heteroatoms. The smallest absolute Gasteiger partial charge is 0.219 e. The van der Waals surface area contributed by atoms with Gasteiger partial charge in [0.2, 0.25) is 5.91 Å². The number of hydrogen-bond acceptors (Lipinski definition) is 7. The van der Waals surface area contributed by atoms with Gasteiger partial charge in [0.05, 0.1) is 17.3 Å². The molecular weight excluding hydrogens is 462 g/mol. The third-order valence-electron chi connectivity index (χ3n) is 6.35. The van der Waals surface area contributed by atoms with Crippen LogP contribution in [0.1, 0.15) is 43.2 Å². The molecule has 1 amide bonds. The minimum Gasteiger partial charge on any atom is -0.355 e. The third-order valence-corrected chi connectivity index (χ3v) is 6.35. The first kappa shape index (κ1) is 24.4. The quantitative estimate of drug-likeness (QED) is 0.562. The van der Waals surface area contributed by atoms with Crippen LogP contribution in [-0.4, -0.2) is 51.9 Å². The number of carbonyl (C=O) groups excluding carboxylic acids is 1. The van der Waals surface area contributed by atoms with Crippen LogP contribution in [0.4, 0.5) is 17.5 Å². The Morgan fingerprint density at radius 1 is 1.06 bits per heavy atom. The van der Waals surface area contributed by atoms with Gasteiger partial charge < -0.3 is 15.1 Å². The maximum absolute atomic E-state index is 11.7. The molecule has 5 rings (SSSR count). The van der Waals surface area contributed by atoms with Gasteiger partial charge in [-0.25, -0.2) is 15.0 Å². The first-order valence-corrected chi connectivity index (χ1v) is 11.7. The van der Waals surface area contributed by atoms with E-state index in [1.165, 1.54) is 18.4 Å². The first-order chi connectivity index (χ1) is 16.6. The largest absolute Gasteiger partial charge is 0.355 e. The number of pyridine rings is 3. The van der Waals surface area contributed by atoms with Crippen molar-refractivity contribution in [2.45, 2.75) is 32.1 Å². The fourth-order valence-corrected chi connectivity index (χ4v) is 4.30. The minimum atomic E-state index is 0. The van der Waals surface area contributed by atoms with Gasteiger partial charge in [0.15, 0.2) is 0 Å². The summed E-state index contributed by atoms with van der Waals surface area (Å²) in [6.07, 6.45) is 6.81. The Morgan fingerprint density at radius 2 is 1.91 bits per heavy atom. The molecule has 1 saturated carbocycles. The van der Waals surface area contributed by atoms with Gasteiger partial charge in [-0.05, 0) is 67.1 Å². The van der Waals surface area contributed by atoms with Crippen LogP contribution in [0.15, 0.2) is 48.8 Å². The molecule has 0 aromatic carbocycles. The molecule has 1 saturated heterocycles. The van der Waals surface area contributed by atoms with Gasteiger partial charge in [-0.1, -0.05) is 0 Å². The van der Waals surface area contributed by atoms with Gasteiger partial charge >= 0.3 is 0 Å². The summed E-state index contributed by atoms with van der Waals surface area (Å²) in [6.45, 7) is 4.81. The van der Waals surface area contributed by atoms with E-state index < -0.39 is 0 Å². The number of carbonyl (C=O) groups is 1. The molecule has 0 atom stereocenters. The Morgan fingerprint density at radius 3 is 2.63 bits per heavy atom. The lowest BCUT2D eigenvalue weighted by atomic mass is 10.1. The van der Waals surface area contributed by atoms with Crippen molar-refractivity contribution in [3.63, 3.8) is 0 Å². The van der Waals surface area contributed by atoms with Crippen molar-refractivity contribution in [1.82, 2.24) is 19.9 Å². The zero-order valence-corrected chi connectivity index (χ0v) is 20.5. The number of nitrogens with one attached hydrogen (secondary N) is 1. The molecule has 4 heterocycles. The van der Waals surface area contributed by atoms with Crippen molar-refractivity contribution in [1.29, 1.82) is 5.26 Å². The highest BCUT2D eigenvalue weighted by atomic mass is 35.5.